The molecule has 4 heteroatoms. The van der Waals surface area contributed by atoms with E-state index in [0.717, 1.165) is 23.5 Å². The minimum absolute atomic E-state index is 0.453. The average Bonchev–Trinajstić information content (AvgIpc) is 2.25. The average molecular weight is 275 g/mol. The summed E-state index contributed by atoms with van der Waals surface area (Å²) in [5, 5.41) is 8.65. The smallest absolute Gasteiger partial charge is 0.160 e. The first-order valence-electron chi connectivity index (χ1n) is 4.70. The normalized spacial score (nSPS) is 12.3. The molecule has 84 valence electrons. The number of aliphatic hydroxyl groups is 1. The number of hydrogen-bond donors (Lipinski definition) is 1. The second kappa shape index (κ2) is 5.98. The fourth-order valence-corrected chi connectivity index (χ4v) is 1.55. The molecule has 0 bridgehead atoms. The molecule has 0 aliphatic carbocycles. The minimum Gasteiger partial charge on any atom is -0.493 e. The second-order valence-corrected chi connectivity index (χ2v) is 4.22. The van der Waals surface area contributed by atoms with Gasteiger partial charge in [0.15, 0.2) is 11.5 Å². The van der Waals surface area contributed by atoms with Gasteiger partial charge < -0.3 is 14.6 Å². The molecule has 0 aliphatic rings. The van der Waals surface area contributed by atoms with Crippen molar-refractivity contribution in [3.8, 4) is 11.5 Å². The summed E-state index contributed by atoms with van der Waals surface area (Å²) in [4.78, 5) is 0. The monoisotopic (exact) mass is 274 g/mol. The molecule has 0 aliphatic heterocycles. The summed E-state index contributed by atoms with van der Waals surface area (Å²) in [7, 11) is 3.22. The van der Waals surface area contributed by atoms with Gasteiger partial charge in [0.25, 0.3) is 0 Å². The van der Waals surface area contributed by atoms with Crippen LogP contribution in [0.4, 0.5) is 0 Å². The maximum Gasteiger partial charge on any atom is 0.160 e. The van der Waals surface area contributed by atoms with Crippen molar-refractivity contribution in [3.05, 3.63) is 23.8 Å². The molecular formula is C11H15BrO3. The first-order chi connectivity index (χ1) is 7.17. The molecule has 1 unspecified atom stereocenters. The summed E-state index contributed by atoms with van der Waals surface area (Å²) >= 11 is 3.10. The van der Waals surface area contributed by atoms with Gasteiger partial charge in [-0.15, -0.1) is 0 Å². The van der Waals surface area contributed by atoms with Gasteiger partial charge in [-0.25, -0.2) is 0 Å². The van der Waals surface area contributed by atoms with Gasteiger partial charge in [0, 0.05) is 0 Å². The highest BCUT2D eigenvalue weighted by Crippen LogP contribution is 2.28. The van der Waals surface area contributed by atoms with Crippen molar-refractivity contribution < 1.29 is 14.6 Å². The molecular weight excluding hydrogens is 260 g/mol. The Labute approximate surface area is 98.1 Å². The van der Waals surface area contributed by atoms with Gasteiger partial charge >= 0.3 is 0 Å². The Kier molecular flexibility index (Phi) is 4.91. The van der Waals surface area contributed by atoms with Gasteiger partial charge in [-0.05, 0) is 30.5 Å². The van der Waals surface area contributed by atoms with Crippen LogP contribution in [0.2, 0.25) is 0 Å². The molecule has 15 heavy (non-hydrogen) atoms. The number of aryl methyl sites for hydroxylation is 1. The Balaban J connectivity index is 2.74. The number of methoxy groups -OCH3 is 2. The van der Waals surface area contributed by atoms with Crippen molar-refractivity contribution in [2.75, 3.05) is 14.2 Å². The van der Waals surface area contributed by atoms with E-state index in [1.807, 2.05) is 18.2 Å². The van der Waals surface area contributed by atoms with Gasteiger partial charge in [-0.2, -0.15) is 0 Å². The molecule has 1 aromatic rings. The number of halogens is 1. The van der Waals surface area contributed by atoms with Crippen molar-refractivity contribution in [1.82, 2.24) is 0 Å². The summed E-state index contributed by atoms with van der Waals surface area (Å²) in [6, 6.07) is 5.76. The quantitative estimate of drug-likeness (QED) is 0.838. The fraction of sp³-hybridized carbons (Fsp3) is 0.455. The molecule has 0 saturated carbocycles. The molecule has 0 fully saturated rings. The summed E-state index contributed by atoms with van der Waals surface area (Å²) in [5.74, 6) is 1.44. The Hall–Kier alpha value is -0.740. The Morgan fingerprint density at radius 1 is 1.27 bits per heavy atom. The Morgan fingerprint density at radius 2 is 1.93 bits per heavy atom. The molecule has 0 amide bonds. The molecule has 0 aromatic heterocycles. The highest BCUT2D eigenvalue weighted by Gasteiger charge is 2.05. The van der Waals surface area contributed by atoms with E-state index in [-0.39, 0.29) is 0 Å². The van der Waals surface area contributed by atoms with E-state index >= 15 is 0 Å². The molecule has 0 spiro atoms. The third-order valence-corrected chi connectivity index (χ3v) is 2.58. The summed E-state index contributed by atoms with van der Waals surface area (Å²) < 4.78 is 10.3. The Morgan fingerprint density at radius 3 is 2.47 bits per heavy atom. The van der Waals surface area contributed by atoms with Crippen LogP contribution in [-0.2, 0) is 6.42 Å². The standard InChI is InChI=1S/C11H15BrO3/c1-14-9-5-3-8(4-6-11(12)13)7-10(9)15-2/h3,5,7,11,13H,4,6H2,1-2H3. The van der Waals surface area contributed by atoms with Crippen LogP contribution < -0.4 is 9.47 Å². The maximum atomic E-state index is 9.10. The minimum atomic E-state index is -0.453. The zero-order valence-electron chi connectivity index (χ0n) is 8.87. The van der Waals surface area contributed by atoms with E-state index in [0.29, 0.717) is 6.42 Å². The molecule has 3 nitrogen and oxygen atoms in total. The summed E-state index contributed by atoms with van der Waals surface area (Å²) in [5.41, 5.74) is 1.12. The van der Waals surface area contributed by atoms with Crippen LogP contribution in [-0.4, -0.2) is 24.3 Å². The third-order valence-electron chi connectivity index (χ3n) is 2.12. The van der Waals surface area contributed by atoms with Crippen molar-refractivity contribution in [2.45, 2.75) is 17.9 Å². The van der Waals surface area contributed by atoms with Crippen molar-refractivity contribution in [3.63, 3.8) is 0 Å². The largest absolute Gasteiger partial charge is 0.493 e. The first kappa shape index (κ1) is 12.3. The predicted octanol–water partition coefficient (Wildman–Crippen LogP) is 2.35. The van der Waals surface area contributed by atoms with Crippen molar-refractivity contribution in [2.24, 2.45) is 0 Å². The SMILES string of the molecule is COc1ccc(CCC(O)Br)cc1OC. The van der Waals surface area contributed by atoms with Gasteiger partial charge in [0.2, 0.25) is 0 Å². The van der Waals surface area contributed by atoms with Gasteiger partial charge in [0.05, 0.1) is 14.2 Å². The van der Waals surface area contributed by atoms with Crippen LogP contribution in [0, 0.1) is 0 Å². The van der Waals surface area contributed by atoms with Crippen LogP contribution in [0.3, 0.4) is 0 Å². The van der Waals surface area contributed by atoms with E-state index in [9.17, 15) is 0 Å². The summed E-state index contributed by atoms with van der Waals surface area (Å²) in [6.45, 7) is 0. The van der Waals surface area contributed by atoms with E-state index in [1.165, 1.54) is 0 Å². The molecule has 0 heterocycles. The van der Waals surface area contributed by atoms with Crippen LogP contribution in [0.1, 0.15) is 12.0 Å². The lowest BCUT2D eigenvalue weighted by molar-refractivity contribution is 0.260. The highest BCUT2D eigenvalue weighted by atomic mass is 79.9. The number of aliphatic hydroxyl groups excluding tert-OH is 1. The summed E-state index contributed by atoms with van der Waals surface area (Å²) in [6.07, 6.45) is 1.47. The number of alkyl halides is 1. The van der Waals surface area contributed by atoms with E-state index in [2.05, 4.69) is 15.9 Å². The van der Waals surface area contributed by atoms with E-state index in [4.69, 9.17) is 14.6 Å². The number of rotatable bonds is 5. The first-order valence-corrected chi connectivity index (χ1v) is 5.62. The van der Waals surface area contributed by atoms with Crippen molar-refractivity contribution >= 4 is 15.9 Å². The zero-order valence-corrected chi connectivity index (χ0v) is 10.5. The van der Waals surface area contributed by atoms with Crippen LogP contribution in [0.5, 0.6) is 11.5 Å². The lowest BCUT2D eigenvalue weighted by atomic mass is 10.1. The van der Waals surface area contributed by atoms with Crippen LogP contribution >= 0.6 is 15.9 Å². The highest BCUT2D eigenvalue weighted by molar-refractivity contribution is 9.09. The Bertz CT molecular complexity index is 313. The number of benzene rings is 1. The molecule has 1 atom stereocenters. The van der Waals surface area contributed by atoms with Gasteiger partial charge in [-0.3, -0.25) is 0 Å². The van der Waals surface area contributed by atoms with Gasteiger partial charge in [-0.1, -0.05) is 22.0 Å². The van der Waals surface area contributed by atoms with Crippen molar-refractivity contribution in [1.29, 1.82) is 0 Å². The van der Waals surface area contributed by atoms with E-state index < -0.39 is 5.01 Å². The number of ether oxygens (including phenoxy) is 2. The molecule has 1 aromatic carbocycles. The molecule has 1 rings (SSSR count). The van der Waals surface area contributed by atoms with Crippen LogP contribution in [0.25, 0.3) is 0 Å². The van der Waals surface area contributed by atoms with Gasteiger partial charge in [0.1, 0.15) is 5.01 Å². The number of hydrogen-bond acceptors (Lipinski definition) is 3. The lowest BCUT2D eigenvalue weighted by Gasteiger charge is -2.09. The maximum absolute atomic E-state index is 9.10. The second-order valence-electron chi connectivity index (χ2n) is 3.16. The zero-order chi connectivity index (χ0) is 11.3. The third kappa shape index (κ3) is 3.72. The fourth-order valence-electron chi connectivity index (χ4n) is 1.32. The lowest BCUT2D eigenvalue weighted by Crippen LogP contribution is -1.98. The topological polar surface area (TPSA) is 38.7 Å². The van der Waals surface area contributed by atoms with E-state index in [1.54, 1.807) is 14.2 Å². The predicted molar refractivity (Wildman–Crippen MR) is 62.8 cm³/mol. The molecule has 0 radical (unpaired) electrons. The molecule has 0 saturated heterocycles. The molecule has 1 N–H and O–H groups in total. The van der Waals surface area contributed by atoms with Crippen LogP contribution in [0.15, 0.2) is 18.2 Å².